The first-order chi connectivity index (χ1) is 8.22. The monoisotopic (exact) mass is 250 g/mol. The van der Waals surface area contributed by atoms with Gasteiger partial charge in [-0.1, -0.05) is 30.3 Å². The number of quaternary nitrogens is 1. The molecule has 2 rings (SSSR count). The van der Waals surface area contributed by atoms with Crippen molar-refractivity contribution in [3.8, 4) is 0 Å². The molecule has 2 unspecified atom stereocenters. The summed E-state index contributed by atoms with van der Waals surface area (Å²) in [5.41, 5.74) is 1.31. The quantitative estimate of drug-likeness (QED) is 0.773. The molecule has 4 heteroatoms. The van der Waals surface area contributed by atoms with Gasteiger partial charge in [-0.05, 0) is 31.6 Å². The first kappa shape index (κ1) is 12.3. The zero-order valence-corrected chi connectivity index (χ0v) is 11.3. The SMILES string of the molecule is CC[NH+]1CNC(=S)N(C(C)c2ccccc2)C1. The van der Waals surface area contributed by atoms with E-state index in [1.54, 1.807) is 0 Å². The second-order valence-electron chi connectivity index (χ2n) is 4.48. The minimum Gasteiger partial charge on any atom is -0.316 e. The number of hydrogen-bond acceptors (Lipinski definition) is 1. The maximum Gasteiger partial charge on any atom is 0.178 e. The lowest BCUT2D eigenvalue weighted by atomic mass is 10.1. The summed E-state index contributed by atoms with van der Waals surface area (Å²) in [5.74, 6) is 0. The van der Waals surface area contributed by atoms with Crippen LogP contribution in [-0.4, -0.2) is 29.9 Å². The molecule has 1 heterocycles. The Kier molecular flexibility index (Phi) is 3.97. The van der Waals surface area contributed by atoms with Gasteiger partial charge in [-0.3, -0.25) is 4.90 Å². The molecule has 92 valence electrons. The minimum absolute atomic E-state index is 0.332. The van der Waals surface area contributed by atoms with Gasteiger partial charge in [0.1, 0.15) is 0 Å². The van der Waals surface area contributed by atoms with Gasteiger partial charge in [-0.2, -0.15) is 0 Å². The van der Waals surface area contributed by atoms with Crippen molar-refractivity contribution in [2.24, 2.45) is 0 Å². The number of thiocarbonyl (C=S) groups is 1. The van der Waals surface area contributed by atoms with Gasteiger partial charge in [-0.25, -0.2) is 0 Å². The molecule has 1 aliphatic rings. The molecule has 17 heavy (non-hydrogen) atoms. The fourth-order valence-corrected chi connectivity index (χ4v) is 2.43. The predicted octanol–water partition coefficient (Wildman–Crippen LogP) is 0.758. The molecule has 1 aliphatic heterocycles. The molecule has 3 nitrogen and oxygen atoms in total. The minimum atomic E-state index is 0.332. The van der Waals surface area contributed by atoms with Gasteiger partial charge >= 0.3 is 0 Å². The van der Waals surface area contributed by atoms with Crippen LogP contribution in [0, 0.1) is 0 Å². The molecule has 0 bridgehead atoms. The molecule has 0 aromatic heterocycles. The van der Waals surface area contributed by atoms with Crippen molar-refractivity contribution in [2.75, 3.05) is 19.9 Å². The molecule has 0 amide bonds. The second-order valence-corrected chi connectivity index (χ2v) is 4.86. The summed E-state index contributed by atoms with van der Waals surface area (Å²) in [4.78, 5) is 3.79. The highest BCUT2D eigenvalue weighted by Gasteiger charge is 2.26. The Bertz CT molecular complexity index is 380. The zero-order chi connectivity index (χ0) is 12.3. The molecule has 1 fully saturated rings. The van der Waals surface area contributed by atoms with Gasteiger partial charge in [0, 0.05) is 0 Å². The standard InChI is InChI=1S/C13H19N3S/c1-3-15-9-14-13(17)16(10-15)11(2)12-7-5-4-6-8-12/h4-8,11H,3,9-10H2,1-2H3,(H,14,17)/p+1. The van der Waals surface area contributed by atoms with Gasteiger partial charge in [0.25, 0.3) is 0 Å². The highest BCUT2D eigenvalue weighted by molar-refractivity contribution is 7.80. The summed E-state index contributed by atoms with van der Waals surface area (Å²) in [7, 11) is 0. The first-order valence-electron chi connectivity index (χ1n) is 6.15. The number of rotatable bonds is 3. The van der Waals surface area contributed by atoms with E-state index in [4.69, 9.17) is 12.2 Å². The van der Waals surface area contributed by atoms with E-state index in [0.29, 0.717) is 6.04 Å². The van der Waals surface area contributed by atoms with Crippen LogP contribution >= 0.6 is 12.2 Å². The number of benzene rings is 1. The van der Waals surface area contributed by atoms with E-state index >= 15 is 0 Å². The lowest BCUT2D eigenvalue weighted by Gasteiger charge is -2.38. The lowest BCUT2D eigenvalue weighted by Crippen LogP contribution is -3.16. The van der Waals surface area contributed by atoms with Gasteiger partial charge in [0.05, 0.1) is 12.6 Å². The molecule has 2 N–H and O–H groups in total. The molecular weight excluding hydrogens is 230 g/mol. The smallest absolute Gasteiger partial charge is 0.178 e. The van der Waals surface area contributed by atoms with Crippen LogP contribution in [0.5, 0.6) is 0 Å². The molecule has 0 aliphatic carbocycles. The summed E-state index contributed by atoms with van der Waals surface area (Å²) in [6, 6.07) is 10.9. The summed E-state index contributed by atoms with van der Waals surface area (Å²) in [5, 5.41) is 4.18. The van der Waals surface area contributed by atoms with Crippen molar-refractivity contribution in [1.82, 2.24) is 10.2 Å². The van der Waals surface area contributed by atoms with Crippen LogP contribution in [0.15, 0.2) is 30.3 Å². The van der Waals surface area contributed by atoms with Crippen LogP contribution in [0.25, 0.3) is 0 Å². The maximum atomic E-state index is 5.41. The van der Waals surface area contributed by atoms with E-state index in [0.717, 1.165) is 25.0 Å². The van der Waals surface area contributed by atoms with E-state index in [1.165, 1.54) is 10.5 Å². The Balaban J connectivity index is 2.12. The molecule has 1 aromatic carbocycles. The van der Waals surface area contributed by atoms with E-state index in [1.807, 2.05) is 6.07 Å². The van der Waals surface area contributed by atoms with E-state index < -0.39 is 0 Å². The summed E-state index contributed by atoms with van der Waals surface area (Å²) < 4.78 is 0. The third-order valence-electron chi connectivity index (χ3n) is 3.39. The van der Waals surface area contributed by atoms with Crippen LogP contribution in [0.2, 0.25) is 0 Å². The van der Waals surface area contributed by atoms with Gasteiger partial charge in [-0.15, -0.1) is 0 Å². The largest absolute Gasteiger partial charge is 0.316 e. The highest BCUT2D eigenvalue weighted by atomic mass is 32.1. The molecule has 0 spiro atoms. The Hall–Kier alpha value is -1.13. The average Bonchev–Trinajstić information content (AvgIpc) is 2.39. The Morgan fingerprint density at radius 2 is 2.12 bits per heavy atom. The number of hydrogen-bond donors (Lipinski definition) is 2. The lowest BCUT2D eigenvalue weighted by molar-refractivity contribution is -0.912. The Morgan fingerprint density at radius 1 is 1.41 bits per heavy atom. The highest BCUT2D eigenvalue weighted by Crippen LogP contribution is 2.19. The topological polar surface area (TPSA) is 19.7 Å². The van der Waals surface area contributed by atoms with Gasteiger partial charge in [0.15, 0.2) is 18.4 Å². The van der Waals surface area contributed by atoms with Crippen molar-refractivity contribution in [3.63, 3.8) is 0 Å². The molecule has 1 saturated heterocycles. The number of nitrogens with zero attached hydrogens (tertiary/aromatic N) is 1. The summed E-state index contributed by atoms with van der Waals surface area (Å²) in [6.45, 7) is 7.46. The molecule has 0 saturated carbocycles. The molecule has 1 aromatic rings. The van der Waals surface area contributed by atoms with Crippen molar-refractivity contribution in [3.05, 3.63) is 35.9 Å². The van der Waals surface area contributed by atoms with Crippen molar-refractivity contribution in [2.45, 2.75) is 19.9 Å². The molecule has 2 atom stereocenters. The first-order valence-corrected chi connectivity index (χ1v) is 6.56. The van der Waals surface area contributed by atoms with Crippen LogP contribution in [-0.2, 0) is 0 Å². The average molecular weight is 250 g/mol. The van der Waals surface area contributed by atoms with E-state index in [-0.39, 0.29) is 0 Å². The maximum absolute atomic E-state index is 5.41. The van der Waals surface area contributed by atoms with E-state index in [2.05, 4.69) is 48.3 Å². The second kappa shape index (κ2) is 5.47. The van der Waals surface area contributed by atoms with Crippen molar-refractivity contribution in [1.29, 1.82) is 0 Å². The van der Waals surface area contributed by atoms with E-state index in [9.17, 15) is 0 Å². The van der Waals surface area contributed by atoms with Crippen LogP contribution < -0.4 is 10.2 Å². The van der Waals surface area contributed by atoms with Gasteiger partial charge < -0.3 is 10.2 Å². The third-order valence-corrected chi connectivity index (χ3v) is 3.77. The fourth-order valence-electron chi connectivity index (χ4n) is 2.13. The Labute approximate surface area is 108 Å². The summed E-state index contributed by atoms with van der Waals surface area (Å²) >= 11 is 5.41. The Morgan fingerprint density at radius 3 is 2.76 bits per heavy atom. The zero-order valence-electron chi connectivity index (χ0n) is 10.4. The van der Waals surface area contributed by atoms with Gasteiger partial charge in [0.2, 0.25) is 0 Å². The third kappa shape index (κ3) is 2.76. The predicted molar refractivity (Wildman–Crippen MR) is 73.7 cm³/mol. The van der Waals surface area contributed by atoms with Crippen LogP contribution in [0.3, 0.4) is 0 Å². The van der Waals surface area contributed by atoms with Crippen LogP contribution in [0.1, 0.15) is 25.5 Å². The van der Waals surface area contributed by atoms with Crippen LogP contribution in [0.4, 0.5) is 0 Å². The molecule has 0 radical (unpaired) electrons. The van der Waals surface area contributed by atoms with Crippen molar-refractivity contribution >= 4 is 17.3 Å². The fraction of sp³-hybridized carbons (Fsp3) is 0.462. The molecular formula is C13H20N3S+. The van der Waals surface area contributed by atoms with Crippen molar-refractivity contribution < 1.29 is 4.90 Å². The number of nitrogens with one attached hydrogen (secondary N) is 2. The normalized spacial score (nSPS) is 22.1. The summed E-state index contributed by atoms with van der Waals surface area (Å²) in [6.07, 6.45) is 0.